The molecule has 2 rings (SSSR count). The standard InChI is InChI=1S/C17H26N2O2/c1-12(2)21-16-7-5-4-6-14(16)11-17(20)19-9-8-15(18)10-13(19)3/h4-7,12-13,15H,8-11,18H2,1-3H3. The molecule has 0 saturated carbocycles. The average molecular weight is 290 g/mol. The van der Waals surface area contributed by atoms with Crippen molar-refractivity contribution >= 4 is 5.91 Å². The van der Waals surface area contributed by atoms with Crippen LogP contribution in [0, 0.1) is 0 Å². The van der Waals surface area contributed by atoms with Gasteiger partial charge in [0.15, 0.2) is 0 Å². The molecule has 0 radical (unpaired) electrons. The molecule has 116 valence electrons. The maximum absolute atomic E-state index is 12.6. The largest absolute Gasteiger partial charge is 0.491 e. The maximum Gasteiger partial charge on any atom is 0.227 e. The van der Waals surface area contributed by atoms with Gasteiger partial charge in [-0.05, 0) is 39.7 Å². The van der Waals surface area contributed by atoms with Crippen LogP contribution in [0.15, 0.2) is 24.3 Å². The molecule has 1 saturated heterocycles. The third-order valence-corrected chi connectivity index (χ3v) is 3.91. The first-order chi connectivity index (χ1) is 9.97. The molecule has 1 aromatic carbocycles. The number of rotatable bonds is 4. The molecule has 0 aliphatic carbocycles. The monoisotopic (exact) mass is 290 g/mol. The van der Waals surface area contributed by atoms with Crippen LogP contribution in [0.2, 0.25) is 0 Å². The van der Waals surface area contributed by atoms with Crippen LogP contribution >= 0.6 is 0 Å². The molecule has 0 aromatic heterocycles. The van der Waals surface area contributed by atoms with Crippen molar-refractivity contribution in [1.29, 1.82) is 0 Å². The Kier molecular flexibility index (Phi) is 5.23. The summed E-state index contributed by atoms with van der Waals surface area (Å²) in [5, 5.41) is 0. The predicted octanol–water partition coefficient (Wildman–Crippen LogP) is 2.35. The summed E-state index contributed by atoms with van der Waals surface area (Å²) in [6, 6.07) is 8.23. The third kappa shape index (κ3) is 4.21. The lowest BCUT2D eigenvalue weighted by Gasteiger charge is -2.36. The number of ether oxygens (including phenoxy) is 1. The molecule has 1 aromatic rings. The molecule has 2 atom stereocenters. The average Bonchev–Trinajstić information content (AvgIpc) is 2.40. The Labute approximate surface area is 127 Å². The lowest BCUT2D eigenvalue weighted by atomic mass is 9.98. The first-order valence-electron chi connectivity index (χ1n) is 7.77. The molecule has 4 heteroatoms. The highest BCUT2D eigenvalue weighted by atomic mass is 16.5. The zero-order chi connectivity index (χ0) is 15.4. The number of nitrogens with two attached hydrogens (primary N) is 1. The van der Waals surface area contributed by atoms with Crippen molar-refractivity contribution in [2.45, 2.75) is 58.2 Å². The van der Waals surface area contributed by atoms with Crippen molar-refractivity contribution in [3.8, 4) is 5.75 Å². The van der Waals surface area contributed by atoms with Gasteiger partial charge < -0.3 is 15.4 Å². The van der Waals surface area contributed by atoms with Gasteiger partial charge in [0, 0.05) is 24.2 Å². The highest BCUT2D eigenvalue weighted by Gasteiger charge is 2.27. The molecule has 1 heterocycles. The summed E-state index contributed by atoms with van der Waals surface area (Å²) in [6.45, 7) is 6.82. The highest BCUT2D eigenvalue weighted by molar-refractivity contribution is 5.80. The Bertz CT molecular complexity index is 487. The summed E-state index contributed by atoms with van der Waals surface area (Å²) in [6.07, 6.45) is 2.27. The van der Waals surface area contributed by atoms with Crippen LogP contribution in [0.3, 0.4) is 0 Å². The number of nitrogens with zero attached hydrogens (tertiary/aromatic N) is 1. The van der Waals surface area contributed by atoms with E-state index in [9.17, 15) is 4.79 Å². The molecular formula is C17H26N2O2. The van der Waals surface area contributed by atoms with Gasteiger partial charge >= 0.3 is 0 Å². The van der Waals surface area contributed by atoms with E-state index in [1.165, 1.54) is 0 Å². The highest BCUT2D eigenvalue weighted by Crippen LogP contribution is 2.23. The molecule has 4 nitrogen and oxygen atoms in total. The molecule has 1 amide bonds. The summed E-state index contributed by atoms with van der Waals surface area (Å²) in [4.78, 5) is 14.5. The van der Waals surface area contributed by atoms with Crippen molar-refractivity contribution in [2.24, 2.45) is 5.73 Å². The van der Waals surface area contributed by atoms with E-state index in [0.717, 1.165) is 30.7 Å². The second-order valence-electron chi connectivity index (χ2n) is 6.17. The van der Waals surface area contributed by atoms with Crippen LogP contribution in [-0.4, -0.2) is 35.5 Å². The number of amides is 1. The van der Waals surface area contributed by atoms with Crippen molar-refractivity contribution in [2.75, 3.05) is 6.54 Å². The van der Waals surface area contributed by atoms with Gasteiger partial charge in [-0.2, -0.15) is 0 Å². The van der Waals surface area contributed by atoms with Gasteiger partial charge in [-0.1, -0.05) is 18.2 Å². The Hall–Kier alpha value is -1.55. The number of likely N-dealkylation sites (tertiary alicyclic amines) is 1. The second kappa shape index (κ2) is 6.94. The van der Waals surface area contributed by atoms with E-state index in [4.69, 9.17) is 10.5 Å². The summed E-state index contributed by atoms with van der Waals surface area (Å²) in [5.74, 6) is 0.969. The van der Waals surface area contributed by atoms with E-state index in [-0.39, 0.29) is 24.1 Å². The number of hydrogen-bond donors (Lipinski definition) is 1. The summed E-state index contributed by atoms with van der Waals surface area (Å²) in [7, 11) is 0. The van der Waals surface area contributed by atoms with Crippen molar-refractivity contribution in [3.05, 3.63) is 29.8 Å². The van der Waals surface area contributed by atoms with E-state index >= 15 is 0 Å². The van der Waals surface area contributed by atoms with Crippen molar-refractivity contribution in [1.82, 2.24) is 4.90 Å². The van der Waals surface area contributed by atoms with E-state index < -0.39 is 0 Å². The minimum absolute atomic E-state index is 0.105. The van der Waals surface area contributed by atoms with Crippen molar-refractivity contribution in [3.63, 3.8) is 0 Å². The van der Waals surface area contributed by atoms with Crippen LogP contribution in [0.25, 0.3) is 0 Å². The minimum Gasteiger partial charge on any atom is -0.491 e. The zero-order valence-electron chi connectivity index (χ0n) is 13.2. The van der Waals surface area contributed by atoms with Crippen LogP contribution in [0.4, 0.5) is 0 Å². The number of carbonyl (C=O) groups excluding carboxylic acids is 1. The van der Waals surface area contributed by atoms with E-state index in [0.29, 0.717) is 6.42 Å². The molecule has 2 N–H and O–H groups in total. The normalized spacial score (nSPS) is 22.4. The van der Waals surface area contributed by atoms with Crippen LogP contribution in [-0.2, 0) is 11.2 Å². The van der Waals surface area contributed by atoms with Gasteiger partial charge in [-0.3, -0.25) is 4.79 Å². The first kappa shape index (κ1) is 15.8. The Morgan fingerprint density at radius 3 is 2.81 bits per heavy atom. The number of carbonyl (C=O) groups is 1. The molecule has 1 aliphatic rings. The minimum atomic E-state index is 0.105. The molecule has 1 aliphatic heterocycles. The smallest absolute Gasteiger partial charge is 0.227 e. The molecule has 1 fully saturated rings. The number of para-hydroxylation sites is 1. The van der Waals surface area contributed by atoms with Crippen molar-refractivity contribution < 1.29 is 9.53 Å². The number of hydrogen-bond acceptors (Lipinski definition) is 3. The van der Waals surface area contributed by atoms with Gasteiger partial charge in [0.2, 0.25) is 5.91 Å². The second-order valence-corrected chi connectivity index (χ2v) is 6.17. The number of benzene rings is 1. The third-order valence-electron chi connectivity index (χ3n) is 3.91. The predicted molar refractivity (Wildman–Crippen MR) is 84.3 cm³/mol. The van der Waals surface area contributed by atoms with E-state index in [1.807, 2.05) is 43.0 Å². The quantitative estimate of drug-likeness (QED) is 0.926. The maximum atomic E-state index is 12.6. The summed E-state index contributed by atoms with van der Waals surface area (Å²) >= 11 is 0. The van der Waals surface area contributed by atoms with Crippen LogP contribution in [0.1, 0.15) is 39.2 Å². The van der Waals surface area contributed by atoms with E-state index in [2.05, 4.69) is 6.92 Å². The fraction of sp³-hybridized carbons (Fsp3) is 0.588. The van der Waals surface area contributed by atoms with Crippen LogP contribution < -0.4 is 10.5 Å². The Morgan fingerprint density at radius 1 is 1.43 bits per heavy atom. The van der Waals surface area contributed by atoms with Gasteiger partial charge in [-0.15, -0.1) is 0 Å². The van der Waals surface area contributed by atoms with Gasteiger partial charge in [0.25, 0.3) is 0 Å². The number of piperidine rings is 1. The molecular weight excluding hydrogens is 264 g/mol. The molecule has 21 heavy (non-hydrogen) atoms. The van der Waals surface area contributed by atoms with E-state index in [1.54, 1.807) is 0 Å². The molecule has 2 unspecified atom stereocenters. The summed E-state index contributed by atoms with van der Waals surface area (Å²) < 4.78 is 5.79. The van der Waals surface area contributed by atoms with Gasteiger partial charge in [-0.25, -0.2) is 0 Å². The zero-order valence-corrected chi connectivity index (χ0v) is 13.2. The Balaban J connectivity index is 2.06. The molecule has 0 bridgehead atoms. The van der Waals surface area contributed by atoms with Crippen LogP contribution in [0.5, 0.6) is 5.75 Å². The summed E-state index contributed by atoms with van der Waals surface area (Å²) in [5.41, 5.74) is 6.92. The lowest BCUT2D eigenvalue weighted by Crippen LogP contribution is -2.48. The lowest BCUT2D eigenvalue weighted by molar-refractivity contribution is -0.133. The van der Waals surface area contributed by atoms with Gasteiger partial charge in [0.05, 0.1) is 12.5 Å². The first-order valence-corrected chi connectivity index (χ1v) is 7.77. The topological polar surface area (TPSA) is 55.6 Å². The fourth-order valence-electron chi connectivity index (χ4n) is 2.86. The fourth-order valence-corrected chi connectivity index (χ4v) is 2.86. The molecule has 0 spiro atoms. The van der Waals surface area contributed by atoms with Gasteiger partial charge in [0.1, 0.15) is 5.75 Å². The Morgan fingerprint density at radius 2 is 2.14 bits per heavy atom. The SMILES string of the molecule is CC(C)Oc1ccccc1CC(=O)N1CCC(N)CC1C.